The molecule has 4 nitrogen and oxygen atoms in total. The van der Waals surface area contributed by atoms with Gasteiger partial charge in [-0.05, 0) is 25.2 Å². The zero-order chi connectivity index (χ0) is 15.9. The van der Waals surface area contributed by atoms with Gasteiger partial charge >= 0.3 is 5.97 Å². The van der Waals surface area contributed by atoms with Crippen LogP contribution in [0.4, 0.5) is 0 Å². The summed E-state index contributed by atoms with van der Waals surface area (Å²) in [5.74, 6) is -0.101. The number of fused-ring (bicyclic) bond motifs is 1. The van der Waals surface area contributed by atoms with Gasteiger partial charge in [0.2, 0.25) is 0 Å². The number of hydrogen-bond donors (Lipinski definition) is 1. The zero-order valence-electron chi connectivity index (χ0n) is 13.7. The SMILES string of the molecule is CC(C)(C)c1nc(CN2[C@@H]3CCCC[C@@H]3C[C@H]2C(=O)O)cs1. The van der Waals surface area contributed by atoms with Crippen molar-refractivity contribution in [1.82, 2.24) is 9.88 Å². The smallest absolute Gasteiger partial charge is 0.320 e. The van der Waals surface area contributed by atoms with E-state index in [4.69, 9.17) is 4.98 Å². The molecule has 0 amide bonds. The first-order chi connectivity index (χ1) is 10.4. The molecular weight excluding hydrogens is 296 g/mol. The molecule has 1 aromatic heterocycles. The first-order valence-corrected chi connectivity index (χ1v) is 9.17. The Morgan fingerprint density at radius 2 is 2.14 bits per heavy atom. The fraction of sp³-hybridized carbons (Fsp3) is 0.765. The Balaban J connectivity index is 1.79. The van der Waals surface area contributed by atoms with Gasteiger partial charge in [-0.25, -0.2) is 4.98 Å². The van der Waals surface area contributed by atoms with Crippen LogP contribution in [-0.4, -0.2) is 33.0 Å². The lowest BCUT2D eigenvalue weighted by molar-refractivity contribution is -0.142. The Bertz CT molecular complexity index is 549. The maximum Gasteiger partial charge on any atom is 0.320 e. The summed E-state index contributed by atoms with van der Waals surface area (Å²) < 4.78 is 0. The molecule has 0 bridgehead atoms. The minimum absolute atomic E-state index is 0.0630. The van der Waals surface area contributed by atoms with Gasteiger partial charge in [0.05, 0.1) is 10.7 Å². The monoisotopic (exact) mass is 322 g/mol. The van der Waals surface area contributed by atoms with E-state index >= 15 is 0 Å². The molecule has 0 radical (unpaired) electrons. The number of likely N-dealkylation sites (tertiary alicyclic amines) is 1. The second-order valence-corrected chi connectivity index (χ2v) is 8.63. The average Bonchev–Trinajstić information content (AvgIpc) is 3.04. The molecule has 3 atom stereocenters. The Kier molecular flexibility index (Phi) is 4.29. The van der Waals surface area contributed by atoms with Crippen molar-refractivity contribution in [3.63, 3.8) is 0 Å². The van der Waals surface area contributed by atoms with E-state index in [0.29, 0.717) is 18.5 Å². The van der Waals surface area contributed by atoms with Crippen LogP contribution >= 0.6 is 11.3 Å². The normalized spacial score (nSPS) is 29.5. The topological polar surface area (TPSA) is 53.4 Å². The number of nitrogens with zero attached hydrogens (tertiary/aromatic N) is 2. The summed E-state index contributed by atoms with van der Waals surface area (Å²) >= 11 is 1.69. The van der Waals surface area contributed by atoms with Crippen LogP contribution in [0.25, 0.3) is 0 Å². The quantitative estimate of drug-likeness (QED) is 0.923. The van der Waals surface area contributed by atoms with E-state index in [1.165, 1.54) is 19.3 Å². The third-order valence-corrected chi connectivity index (χ3v) is 6.36. The van der Waals surface area contributed by atoms with Gasteiger partial charge in [0, 0.05) is 23.4 Å². The highest BCUT2D eigenvalue weighted by atomic mass is 32.1. The minimum Gasteiger partial charge on any atom is -0.480 e. The van der Waals surface area contributed by atoms with Crippen LogP contribution in [0.2, 0.25) is 0 Å². The summed E-state index contributed by atoms with van der Waals surface area (Å²) in [5, 5.41) is 12.8. The molecule has 1 saturated heterocycles. The summed E-state index contributed by atoms with van der Waals surface area (Å²) in [5.41, 5.74) is 1.10. The van der Waals surface area contributed by atoms with E-state index in [1.54, 1.807) is 11.3 Å². The molecule has 2 fully saturated rings. The van der Waals surface area contributed by atoms with Crippen molar-refractivity contribution in [3.8, 4) is 0 Å². The molecule has 1 saturated carbocycles. The lowest BCUT2D eigenvalue weighted by Crippen LogP contribution is -2.41. The number of rotatable bonds is 3. The highest BCUT2D eigenvalue weighted by Crippen LogP contribution is 2.40. The van der Waals surface area contributed by atoms with Gasteiger partial charge in [0.25, 0.3) is 0 Å². The predicted octanol–water partition coefficient (Wildman–Crippen LogP) is 3.66. The summed E-state index contributed by atoms with van der Waals surface area (Å²) in [6.07, 6.45) is 5.64. The molecule has 122 valence electrons. The number of carbonyl (C=O) groups is 1. The van der Waals surface area contributed by atoms with Crippen molar-refractivity contribution in [1.29, 1.82) is 0 Å². The van der Waals surface area contributed by atoms with Crippen LogP contribution in [0.5, 0.6) is 0 Å². The zero-order valence-corrected chi connectivity index (χ0v) is 14.5. The van der Waals surface area contributed by atoms with Crippen molar-refractivity contribution in [3.05, 3.63) is 16.1 Å². The van der Waals surface area contributed by atoms with Crippen molar-refractivity contribution >= 4 is 17.3 Å². The number of thiazole rings is 1. The number of aromatic nitrogens is 1. The van der Waals surface area contributed by atoms with E-state index in [2.05, 4.69) is 31.1 Å². The van der Waals surface area contributed by atoms with Crippen LogP contribution in [0.3, 0.4) is 0 Å². The molecule has 3 rings (SSSR count). The number of aliphatic carboxylic acids is 1. The lowest BCUT2D eigenvalue weighted by Gasteiger charge is -2.32. The van der Waals surface area contributed by atoms with Crippen LogP contribution in [0, 0.1) is 5.92 Å². The molecule has 1 aromatic rings. The number of carboxylic acid groups (broad SMARTS) is 1. The van der Waals surface area contributed by atoms with E-state index in [1.807, 2.05) is 0 Å². The Morgan fingerprint density at radius 3 is 2.77 bits per heavy atom. The van der Waals surface area contributed by atoms with Crippen LogP contribution in [0.1, 0.15) is 63.6 Å². The molecule has 22 heavy (non-hydrogen) atoms. The molecule has 1 aliphatic heterocycles. The molecule has 0 unspecified atom stereocenters. The van der Waals surface area contributed by atoms with Crippen molar-refractivity contribution in [2.24, 2.45) is 5.92 Å². The third kappa shape index (κ3) is 3.06. The third-order valence-electron chi connectivity index (χ3n) is 5.04. The Hall–Kier alpha value is -0.940. The van der Waals surface area contributed by atoms with Gasteiger partial charge in [-0.1, -0.05) is 33.6 Å². The van der Waals surface area contributed by atoms with Gasteiger partial charge < -0.3 is 5.11 Å². The second-order valence-electron chi connectivity index (χ2n) is 7.77. The average molecular weight is 322 g/mol. The van der Waals surface area contributed by atoms with Gasteiger partial charge in [0.15, 0.2) is 0 Å². The van der Waals surface area contributed by atoms with Gasteiger partial charge in [-0.3, -0.25) is 9.69 Å². The predicted molar refractivity (Wildman–Crippen MR) is 88.1 cm³/mol. The Labute approximate surface area is 136 Å². The molecule has 1 aliphatic carbocycles. The van der Waals surface area contributed by atoms with E-state index in [9.17, 15) is 9.90 Å². The second kappa shape index (κ2) is 5.93. The molecule has 0 aromatic carbocycles. The maximum atomic E-state index is 11.7. The molecule has 5 heteroatoms. The summed E-state index contributed by atoms with van der Waals surface area (Å²) in [6.45, 7) is 7.19. The first-order valence-electron chi connectivity index (χ1n) is 8.29. The van der Waals surface area contributed by atoms with Gasteiger partial charge in [-0.2, -0.15) is 0 Å². The van der Waals surface area contributed by atoms with Gasteiger partial charge in [0.1, 0.15) is 6.04 Å². The fourth-order valence-electron chi connectivity index (χ4n) is 3.93. The standard InChI is InChI=1S/C17H26N2O2S/c1-17(2,3)16-18-12(10-22-16)9-19-13-7-5-4-6-11(13)8-14(19)15(20)21/h10-11,13-14H,4-9H2,1-3H3,(H,20,21)/t11-,13-,14+/m1/s1. The molecule has 2 aliphatic rings. The number of hydrogen-bond acceptors (Lipinski definition) is 4. The van der Waals surface area contributed by atoms with Crippen molar-refractivity contribution in [2.75, 3.05) is 0 Å². The highest BCUT2D eigenvalue weighted by Gasteiger charge is 2.45. The van der Waals surface area contributed by atoms with Crippen LogP contribution in [0.15, 0.2) is 5.38 Å². The van der Waals surface area contributed by atoms with Crippen molar-refractivity contribution in [2.45, 2.75) is 76.9 Å². The van der Waals surface area contributed by atoms with E-state index in [0.717, 1.165) is 23.5 Å². The summed E-state index contributed by atoms with van der Waals surface area (Å²) in [7, 11) is 0. The van der Waals surface area contributed by atoms with E-state index < -0.39 is 5.97 Å². The minimum atomic E-state index is -0.666. The van der Waals surface area contributed by atoms with Crippen LogP contribution < -0.4 is 0 Å². The van der Waals surface area contributed by atoms with Gasteiger partial charge in [-0.15, -0.1) is 11.3 Å². The van der Waals surface area contributed by atoms with Crippen molar-refractivity contribution < 1.29 is 9.90 Å². The molecule has 2 heterocycles. The lowest BCUT2D eigenvalue weighted by atomic mass is 9.85. The van der Waals surface area contributed by atoms with E-state index in [-0.39, 0.29) is 11.5 Å². The summed E-state index contributed by atoms with van der Waals surface area (Å²) in [6, 6.07) is 0.113. The molecule has 0 spiro atoms. The fourth-order valence-corrected chi connectivity index (χ4v) is 4.83. The Morgan fingerprint density at radius 1 is 1.41 bits per heavy atom. The maximum absolute atomic E-state index is 11.7. The number of carboxylic acids is 1. The van der Waals surface area contributed by atoms with Crippen LogP contribution in [-0.2, 0) is 16.8 Å². The summed E-state index contributed by atoms with van der Waals surface area (Å²) in [4.78, 5) is 18.6. The molecule has 1 N–H and O–H groups in total. The largest absolute Gasteiger partial charge is 0.480 e. The first kappa shape index (κ1) is 15.9. The molecular formula is C17H26N2O2S. The highest BCUT2D eigenvalue weighted by molar-refractivity contribution is 7.09.